The fraction of sp³-hybridized carbons (Fsp3) is 0.417. The molecule has 1 heterocycles. The molecule has 0 saturated heterocycles. The third kappa shape index (κ3) is 1.88. The summed E-state index contributed by atoms with van der Waals surface area (Å²) < 4.78 is 5.50. The van der Waals surface area contributed by atoms with E-state index in [9.17, 15) is 4.79 Å². The van der Waals surface area contributed by atoms with E-state index in [2.05, 4.69) is 4.90 Å². The van der Waals surface area contributed by atoms with Crippen molar-refractivity contribution in [2.24, 2.45) is 0 Å². The first-order valence-electron chi connectivity index (χ1n) is 5.26. The molecule has 2 rings (SSSR count). The van der Waals surface area contributed by atoms with Crippen molar-refractivity contribution in [3.63, 3.8) is 0 Å². The van der Waals surface area contributed by atoms with Crippen LogP contribution in [0.2, 0.25) is 0 Å². The van der Waals surface area contributed by atoms with Gasteiger partial charge in [-0.1, -0.05) is 6.07 Å². The highest BCUT2D eigenvalue weighted by Crippen LogP contribution is 2.35. The lowest BCUT2D eigenvalue weighted by molar-refractivity contribution is 0.0696. The first kappa shape index (κ1) is 11.0. The fourth-order valence-corrected chi connectivity index (χ4v) is 2.04. The van der Waals surface area contributed by atoms with Gasteiger partial charge < -0.3 is 14.7 Å². The molecule has 1 aliphatic rings. The third-order valence-electron chi connectivity index (χ3n) is 2.89. The zero-order valence-corrected chi connectivity index (χ0v) is 9.43. The molecule has 0 amide bonds. The molecule has 1 aliphatic heterocycles. The summed E-state index contributed by atoms with van der Waals surface area (Å²) in [4.78, 5) is 13.0. The molecular weight excluding hydrogens is 206 g/mol. The summed E-state index contributed by atoms with van der Waals surface area (Å²) >= 11 is 0. The Balaban J connectivity index is 2.40. The van der Waals surface area contributed by atoms with E-state index in [1.807, 2.05) is 20.2 Å². The number of rotatable bonds is 2. The fourth-order valence-electron chi connectivity index (χ4n) is 2.04. The van der Waals surface area contributed by atoms with Crippen LogP contribution in [0.4, 0.5) is 0 Å². The lowest BCUT2D eigenvalue weighted by Gasteiger charge is -2.30. The standard InChI is InChI=1S/C12H15NO3/c1-13(2)10-5-6-16-11-7-8(12(14)15)3-4-9(10)11/h3-4,7,10H,5-6H2,1-2H3,(H,14,15). The van der Waals surface area contributed by atoms with Gasteiger partial charge in [0.15, 0.2) is 0 Å². The lowest BCUT2D eigenvalue weighted by Crippen LogP contribution is -2.26. The molecule has 1 N–H and O–H groups in total. The molecule has 0 radical (unpaired) electrons. The summed E-state index contributed by atoms with van der Waals surface area (Å²) in [6.07, 6.45) is 0.937. The Morgan fingerprint density at radius 3 is 2.88 bits per heavy atom. The summed E-state index contributed by atoms with van der Waals surface area (Å²) in [7, 11) is 4.04. The van der Waals surface area contributed by atoms with E-state index in [1.165, 1.54) is 0 Å². The molecule has 0 aliphatic carbocycles. The average Bonchev–Trinajstić information content (AvgIpc) is 2.27. The van der Waals surface area contributed by atoms with E-state index < -0.39 is 5.97 Å². The second kappa shape index (κ2) is 4.14. The Hall–Kier alpha value is -1.55. The van der Waals surface area contributed by atoms with Crippen LogP contribution in [-0.4, -0.2) is 36.7 Å². The van der Waals surface area contributed by atoms with Gasteiger partial charge in [0.25, 0.3) is 0 Å². The Kier molecular flexibility index (Phi) is 2.83. The van der Waals surface area contributed by atoms with Crippen LogP contribution in [0.5, 0.6) is 5.75 Å². The van der Waals surface area contributed by atoms with Crippen molar-refractivity contribution < 1.29 is 14.6 Å². The highest BCUT2D eigenvalue weighted by molar-refractivity contribution is 5.88. The van der Waals surface area contributed by atoms with Crippen molar-refractivity contribution in [2.75, 3.05) is 20.7 Å². The number of nitrogens with zero attached hydrogens (tertiary/aromatic N) is 1. The summed E-state index contributed by atoms with van der Waals surface area (Å²) in [5.41, 5.74) is 1.35. The van der Waals surface area contributed by atoms with E-state index in [0.29, 0.717) is 18.4 Å². The van der Waals surface area contributed by atoms with Crippen LogP contribution >= 0.6 is 0 Å². The number of fused-ring (bicyclic) bond motifs is 1. The van der Waals surface area contributed by atoms with Gasteiger partial charge in [-0.2, -0.15) is 0 Å². The molecule has 1 aromatic carbocycles. The summed E-state index contributed by atoms with van der Waals surface area (Å²) in [6.45, 7) is 0.638. The minimum atomic E-state index is -0.918. The number of carboxylic acids is 1. The molecule has 0 bridgehead atoms. The Morgan fingerprint density at radius 2 is 2.25 bits per heavy atom. The molecule has 0 fully saturated rings. The van der Waals surface area contributed by atoms with E-state index in [4.69, 9.17) is 9.84 Å². The van der Waals surface area contributed by atoms with Gasteiger partial charge >= 0.3 is 5.97 Å². The largest absolute Gasteiger partial charge is 0.493 e. The first-order chi connectivity index (χ1) is 7.59. The molecule has 4 heteroatoms. The molecule has 86 valence electrons. The number of hydrogen-bond donors (Lipinski definition) is 1. The van der Waals surface area contributed by atoms with Crippen LogP contribution in [-0.2, 0) is 0 Å². The van der Waals surface area contributed by atoms with Crippen LogP contribution in [0.15, 0.2) is 18.2 Å². The second-order valence-electron chi connectivity index (χ2n) is 4.17. The number of benzene rings is 1. The number of ether oxygens (including phenoxy) is 1. The van der Waals surface area contributed by atoms with Crippen LogP contribution in [0, 0.1) is 0 Å². The number of carbonyl (C=O) groups is 1. The summed E-state index contributed by atoms with van der Waals surface area (Å²) in [5.74, 6) is -0.219. The number of carboxylic acid groups (broad SMARTS) is 1. The van der Waals surface area contributed by atoms with Crippen molar-refractivity contribution in [3.8, 4) is 5.75 Å². The van der Waals surface area contributed by atoms with Gasteiger partial charge in [0.2, 0.25) is 0 Å². The molecule has 1 atom stereocenters. The summed E-state index contributed by atoms with van der Waals surface area (Å²) in [5, 5.41) is 8.90. The molecule has 1 unspecified atom stereocenters. The maximum Gasteiger partial charge on any atom is 0.335 e. The van der Waals surface area contributed by atoms with Crippen LogP contribution in [0.3, 0.4) is 0 Å². The van der Waals surface area contributed by atoms with Gasteiger partial charge in [0, 0.05) is 18.0 Å². The van der Waals surface area contributed by atoms with Crippen molar-refractivity contribution in [2.45, 2.75) is 12.5 Å². The van der Waals surface area contributed by atoms with Gasteiger partial charge in [-0.3, -0.25) is 0 Å². The molecule has 0 aromatic heterocycles. The van der Waals surface area contributed by atoms with E-state index in [0.717, 1.165) is 12.0 Å². The molecule has 4 nitrogen and oxygen atoms in total. The topological polar surface area (TPSA) is 49.8 Å². The maximum absolute atomic E-state index is 10.8. The van der Waals surface area contributed by atoms with E-state index in [1.54, 1.807) is 12.1 Å². The van der Waals surface area contributed by atoms with Crippen molar-refractivity contribution in [3.05, 3.63) is 29.3 Å². The van der Waals surface area contributed by atoms with E-state index >= 15 is 0 Å². The van der Waals surface area contributed by atoms with Crippen molar-refractivity contribution >= 4 is 5.97 Å². The second-order valence-corrected chi connectivity index (χ2v) is 4.17. The summed E-state index contributed by atoms with van der Waals surface area (Å²) in [6, 6.07) is 5.40. The molecule has 16 heavy (non-hydrogen) atoms. The van der Waals surface area contributed by atoms with Crippen LogP contribution < -0.4 is 4.74 Å². The predicted octanol–water partition coefficient (Wildman–Crippen LogP) is 1.77. The van der Waals surface area contributed by atoms with Gasteiger partial charge in [0.1, 0.15) is 5.75 Å². The predicted molar refractivity (Wildman–Crippen MR) is 59.9 cm³/mol. The molecule has 1 aromatic rings. The highest BCUT2D eigenvalue weighted by atomic mass is 16.5. The molecular formula is C12H15NO3. The van der Waals surface area contributed by atoms with Gasteiger partial charge in [-0.25, -0.2) is 4.79 Å². The maximum atomic E-state index is 10.8. The van der Waals surface area contributed by atoms with Crippen LogP contribution in [0.1, 0.15) is 28.4 Å². The SMILES string of the molecule is CN(C)C1CCOc2cc(C(=O)O)ccc21. The van der Waals surface area contributed by atoms with Crippen molar-refractivity contribution in [1.29, 1.82) is 0 Å². The van der Waals surface area contributed by atoms with Crippen LogP contribution in [0.25, 0.3) is 0 Å². The van der Waals surface area contributed by atoms with Gasteiger partial charge in [-0.15, -0.1) is 0 Å². The smallest absolute Gasteiger partial charge is 0.335 e. The number of hydrogen-bond acceptors (Lipinski definition) is 3. The third-order valence-corrected chi connectivity index (χ3v) is 2.89. The first-order valence-corrected chi connectivity index (χ1v) is 5.26. The average molecular weight is 221 g/mol. The van der Waals surface area contributed by atoms with Crippen molar-refractivity contribution in [1.82, 2.24) is 4.90 Å². The lowest BCUT2D eigenvalue weighted by atomic mass is 9.98. The van der Waals surface area contributed by atoms with Gasteiger partial charge in [-0.05, 0) is 26.2 Å². The quantitative estimate of drug-likeness (QED) is 0.826. The van der Waals surface area contributed by atoms with Gasteiger partial charge in [0.05, 0.1) is 12.2 Å². The molecule has 0 spiro atoms. The monoisotopic (exact) mass is 221 g/mol. The number of aromatic carboxylic acids is 1. The Labute approximate surface area is 94.4 Å². The normalized spacial score (nSPS) is 19.1. The Morgan fingerprint density at radius 1 is 1.50 bits per heavy atom. The minimum absolute atomic E-state index is 0.276. The zero-order chi connectivity index (χ0) is 11.7. The highest BCUT2D eigenvalue weighted by Gasteiger charge is 2.23. The zero-order valence-electron chi connectivity index (χ0n) is 9.43. The van der Waals surface area contributed by atoms with E-state index in [-0.39, 0.29) is 5.56 Å². The minimum Gasteiger partial charge on any atom is -0.493 e. The Bertz CT molecular complexity index is 415. The molecule has 0 saturated carbocycles.